The molecule has 0 spiro atoms. The number of nitrogens with one attached hydrogen (secondary N) is 1. The second kappa shape index (κ2) is 15.7. The zero-order chi connectivity index (χ0) is 27.5. The van der Waals surface area contributed by atoms with Crippen molar-refractivity contribution in [3.8, 4) is 0 Å². The molecule has 0 aromatic heterocycles. The second-order valence-corrected chi connectivity index (χ2v) is 12.0. The fraction of sp³-hybridized carbons (Fsp3) is 0.621. The van der Waals surface area contributed by atoms with Crippen LogP contribution in [0.5, 0.6) is 0 Å². The minimum atomic E-state index is -1.40. The highest BCUT2D eigenvalue weighted by Crippen LogP contribution is 2.40. The lowest BCUT2D eigenvalue weighted by molar-refractivity contribution is -0.115. The predicted octanol–water partition coefficient (Wildman–Crippen LogP) is 5.12. The average Bonchev–Trinajstić information content (AvgIpc) is 2.85. The average molecular weight is 553 g/mol. The van der Waals surface area contributed by atoms with Crippen LogP contribution < -0.4 is 4.72 Å². The van der Waals surface area contributed by atoms with Gasteiger partial charge in [-0.15, -0.1) is 0 Å². The molecule has 0 radical (unpaired) electrons. The first-order chi connectivity index (χ1) is 17.7. The Morgan fingerprint density at radius 3 is 2.59 bits per heavy atom. The highest BCUT2D eigenvalue weighted by atomic mass is 35.5. The number of hydrogen-bond donors (Lipinski definition) is 3. The van der Waals surface area contributed by atoms with Gasteiger partial charge in [0, 0.05) is 42.2 Å². The standard InChI is InChI=1S/C28H41ClN2O3S.CH4O/c1-5-22-16-24(29)11-13-25(22)20(3)17-31-18-23-10-12-26(23)27(32)9-7-6-8-14-35(34)30-28(33)19(2)15-21(31)4;1-2/h11,13,15-16,20,23,26-27,32H,4-10,12,14,17-18H2,1-3H3,(H,30,33);2H,1H3/b19-15+;. The SMILES string of the molecule is C=C1/C=C(\C)C(=O)NS(=O)CCCCCC(O)C2CCC2CN1CC(C)c1ccc(Cl)cc1CC.CO. The Morgan fingerprint density at radius 1 is 1.22 bits per heavy atom. The Bertz CT molecular complexity index is 967. The van der Waals surface area contributed by atoms with Gasteiger partial charge in [-0.1, -0.05) is 50.9 Å². The molecule has 1 amide bonds. The number of carbonyl (C=O) groups excluding carboxylic acids is 1. The van der Waals surface area contributed by atoms with E-state index in [2.05, 4.69) is 36.1 Å². The molecule has 2 aliphatic rings. The lowest BCUT2D eigenvalue weighted by atomic mass is 9.69. The molecule has 5 atom stereocenters. The predicted molar refractivity (Wildman–Crippen MR) is 154 cm³/mol. The third-order valence-electron chi connectivity index (χ3n) is 7.62. The van der Waals surface area contributed by atoms with Crippen LogP contribution in [0.3, 0.4) is 0 Å². The quantitative estimate of drug-likeness (QED) is 0.482. The lowest BCUT2D eigenvalue weighted by Gasteiger charge is -2.44. The number of hydrogen-bond acceptors (Lipinski definition) is 5. The topological polar surface area (TPSA) is 89.9 Å². The van der Waals surface area contributed by atoms with Crippen LogP contribution in [0.15, 0.2) is 42.1 Å². The molecule has 1 saturated carbocycles. The number of rotatable bonds is 4. The van der Waals surface area contributed by atoms with Gasteiger partial charge in [0.1, 0.15) is 11.0 Å². The first-order valence-electron chi connectivity index (χ1n) is 13.4. The zero-order valence-electron chi connectivity index (χ0n) is 22.8. The van der Waals surface area contributed by atoms with E-state index in [4.69, 9.17) is 16.7 Å². The third kappa shape index (κ3) is 9.24. The summed E-state index contributed by atoms with van der Waals surface area (Å²) in [4.78, 5) is 14.9. The van der Waals surface area contributed by atoms with Crippen LogP contribution in [0, 0.1) is 11.8 Å². The Balaban J connectivity index is 0.00000235. The van der Waals surface area contributed by atoms with Gasteiger partial charge in [0.25, 0.3) is 5.91 Å². The van der Waals surface area contributed by atoms with Crippen LogP contribution in [-0.2, 0) is 22.2 Å². The molecule has 37 heavy (non-hydrogen) atoms. The summed E-state index contributed by atoms with van der Waals surface area (Å²) >= 11 is 6.25. The minimum absolute atomic E-state index is 0.239. The smallest absolute Gasteiger partial charge is 0.258 e. The van der Waals surface area contributed by atoms with Gasteiger partial charge in [-0.3, -0.25) is 9.52 Å². The molecule has 208 valence electrons. The summed E-state index contributed by atoms with van der Waals surface area (Å²) < 4.78 is 14.9. The largest absolute Gasteiger partial charge is 0.400 e. The molecular formula is C29H45ClN2O4S. The summed E-state index contributed by atoms with van der Waals surface area (Å²) in [6, 6.07) is 6.11. The summed E-state index contributed by atoms with van der Waals surface area (Å²) in [6.45, 7) is 12.0. The molecule has 0 saturated heterocycles. The van der Waals surface area contributed by atoms with E-state index in [1.54, 1.807) is 13.0 Å². The Kier molecular flexibility index (Phi) is 13.4. The zero-order valence-corrected chi connectivity index (χ0v) is 24.4. The van der Waals surface area contributed by atoms with Crippen LogP contribution in [0.4, 0.5) is 0 Å². The molecule has 8 heteroatoms. The fourth-order valence-electron chi connectivity index (χ4n) is 5.33. The van der Waals surface area contributed by atoms with Crippen LogP contribution in [0.25, 0.3) is 0 Å². The molecule has 0 bridgehead atoms. The number of carbonyl (C=O) groups is 1. The van der Waals surface area contributed by atoms with Crippen molar-refractivity contribution in [1.82, 2.24) is 9.62 Å². The van der Waals surface area contributed by atoms with Gasteiger partial charge in [-0.05, 0) is 86.1 Å². The number of nitrogens with zero attached hydrogens (tertiary/aromatic N) is 1. The monoisotopic (exact) mass is 552 g/mol. The van der Waals surface area contributed by atoms with Gasteiger partial charge in [0.05, 0.1) is 6.10 Å². The maximum absolute atomic E-state index is 12.6. The number of aliphatic hydroxyl groups excluding tert-OH is 2. The van der Waals surface area contributed by atoms with Crippen molar-refractivity contribution in [2.75, 3.05) is 26.0 Å². The Labute approximate surface area is 230 Å². The van der Waals surface area contributed by atoms with E-state index >= 15 is 0 Å². The van der Waals surface area contributed by atoms with Gasteiger partial charge in [0.15, 0.2) is 0 Å². The maximum Gasteiger partial charge on any atom is 0.258 e. The molecule has 1 aromatic rings. The van der Waals surface area contributed by atoms with Crippen molar-refractivity contribution in [2.45, 2.75) is 77.7 Å². The van der Waals surface area contributed by atoms with Gasteiger partial charge in [0.2, 0.25) is 0 Å². The molecule has 1 aliphatic carbocycles. The normalized spacial score (nSPS) is 28.0. The highest BCUT2D eigenvalue weighted by Gasteiger charge is 2.37. The van der Waals surface area contributed by atoms with Gasteiger partial charge >= 0.3 is 0 Å². The van der Waals surface area contributed by atoms with Crippen molar-refractivity contribution in [3.63, 3.8) is 0 Å². The van der Waals surface area contributed by atoms with E-state index in [1.165, 1.54) is 11.1 Å². The molecule has 1 fully saturated rings. The highest BCUT2D eigenvalue weighted by molar-refractivity contribution is 7.83. The number of aliphatic hydroxyl groups is 2. The number of aryl methyl sites for hydroxylation is 1. The Hall–Kier alpha value is -1.67. The second-order valence-electron chi connectivity index (χ2n) is 10.2. The van der Waals surface area contributed by atoms with Gasteiger partial charge in [-0.2, -0.15) is 0 Å². The summed E-state index contributed by atoms with van der Waals surface area (Å²) in [5.74, 6) is 1.08. The maximum atomic E-state index is 12.6. The van der Waals surface area contributed by atoms with E-state index in [1.807, 2.05) is 12.1 Å². The molecule has 1 heterocycles. The fourth-order valence-corrected chi connectivity index (χ4v) is 6.46. The van der Waals surface area contributed by atoms with Gasteiger partial charge < -0.3 is 15.1 Å². The van der Waals surface area contributed by atoms with Crippen LogP contribution in [-0.4, -0.2) is 57.3 Å². The molecular weight excluding hydrogens is 508 g/mol. The molecule has 3 N–H and O–H groups in total. The van der Waals surface area contributed by atoms with E-state index in [0.29, 0.717) is 23.2 Å². The Morgan fingerprint density at radius 2 is 1.95 bits per heavy atom. The first kappa shape index (κ1) is 31.5. The molecule has 6 nitrogen and oxygen atoms in total. The van der Waals surface area contributed by atoms with E-state index in [9.17, 15) is 14.1 Å². The van der Waals surface area contributed by atoms with Crippen LogP contribution in [0.2, 0.25) is 5.02 Å². The molecule has 3 rings (SSSR count). The van der Waals surface area contributed by atoms with Crippen molar-refractivity contribution in [3.05, 3.63) is 58.3 Å². The number of benzene rings is 1. The van der Waals surface area contributed by atoms with E-state index in [0.717, 1.165) is 75.9 Å². The first-order valence-corrected chi connectivity index (χ1v) is 15.1. The molecule has 1 aliphatic heterocycles. The molecule has 1 aromatic carbocycles. The van der Waals surface area contributed by atoms with Crippen molar-refractivity contribution >= 4 is 28.5 Å². The van der Waals surface area contributed by atoms with Crippen molar-refractivity contribution in [2.24, 2.45) is 11.8 Å². The number of amides is 1. The number of halogens is 1. The van der Waals surface area contributed by atoms with Crippen LogP contribution in [0.1, 0.15) is 76.3 Å². The van der Waals surface area contributed by atoms with Crippen molar-refractivity contribution < 1.29 is 19.2 Å². The van der Waals surface area contributed by atoms with Crippen molar-refractivity contribution in [1.29, 1.82) is 0 Å². The van der Waals surface area contributed by atoms with Crippen LogP contribution >= 0.6 is 11.6 Å². The van der Waals surface area contributed by atoms with Gasteiger partial charge in [-0.25, -0.2) is 4.21 Å². The third-order valence-corrected chi connectivity index (χ3v) is 8.93. The van der Waals surface area contributed by atoms with E-state index < -0.39 is 11.0 Å². The number of allylic oxidation sites excluding steroid dienone is 1. The van der Waals surface area contributed by atoms with E-state index in [-0.39, 0.29) is 17.9 Å². The summed E-state index contributed by atoms with van der Waals surface area (Å²) in [6.07, 6.45) is 7.96. The molecule has 5 unspecified atom stereocenters. The summed E-state index contributed by atoms with van der Waals surface area (Å²) in [7, 11) is -0.396. The summed E-state index contributed by atoms with van der Waals surface area (Å²) in [5, 5.41) is 18.6. The minimum Gasteiger partial charge on any atom is -0.400 e. The lowest BCUT2D eigenvalue weighted by Crippen LogP contribution is -2.43. The summed E-state index contributed by atoms with van der Waals surface area (Å²) in [5.41, 5.74) is 3.79. The number of fused-ring (bicyclic) bond motifs is 1.